The molecule has 4 amide bonds. The Balaban J connectivity index is 1.67. The van der Waals surface area contributed by atoms with Gasteiger partial charge in [0.2, 0.25) is 5.91 Å². The minimum Gasteiger partial charge on any atom is -0.323 e. The van der Waals surface area contributed by atoms with Crippen LogP contribution in [0.2, 0.25) is 0 Å². The number of hydrogen-bond acceptors (Lipinski definition) is 3. The predicted octanol–water partition coefficient (Wildman–Crippen LogP) is 2.40. The largest absolute Gasteiger partial charge is 0.325 e. The number of hydrogen-bond donors (Lipinski definition) is 2. The van der Waals surface area contributed by atoms with Gasteiger partial charge >= 0.3 is 6.03 Å². The molecule has 1 aliphatic carbocycles. The van der Waals surface area contributed by atoms with Crippen molar-refractivity contribution in [2.75, 3.05) is 11.9 Å². The molecule has 8 heteroatoms. The summed E-state index contributed by atoms with van der Waals surface area (Å²) in [5.41, 5.74) is -1.13. The van der Waals surface area contributed by atoms with Crippen LogP contribution in [0.3, 0.4) is 0 Å². The van der Waals surface area contributed by atoms with Crippen LogP contribution in [0.5, 0.6) is 0 Å². The van der Waals surface area contributed by atoms with Crippen LogP contribution in [0.25, 0.3) is 0 Å². The molecule has 1 aromatic rings. The van der Waals surface area contributed by atoms with Crippen LogP contribution in [0.1, 0.15) is 32.6 Å². The maximum atomic E-state index is 13.6. The van der Waals surface area contributed by atoms with E-state index < -0.39 is 41.6 Å². The molecule has 1 saturated carbocycles. The molecule has 0 radical (unpaired) electrons. The minimum absolute atomic E-state index is 0.209. The maximum absolute atomic E-state index is 13.6. The topological polar surface area (TPSA) is 78.5 Å². The van der Waals surface area contributed by atoms with Gasteiger partial charge in [-0.3, -0.25) is 14.5 Å². The summed E-state index contributed by atoms with van der Waals surface area (Å²) >= 11 is 0. The van der Waals surface area contributed by atoms with Crippen LogP contribution in [-0.4, -0.2) is 34.8 Å². The van der Waals surface area contributed by atoms with Crippen LogP contribution >= 0.6 is 0 Å². The van der Waals surface area contributed by atoms with Crippen LogP contribution in [-0.2, 0) is 9.59 Å². The Bertz CT molecular complexity index is 730. The summed E-state index contributed by atoms with van der Waals surface area (Å²) in [5, 5.41) is 4.96. The first-order valence-corrected chi connectivity index (χ1v) is 8.20. The number of benzene rings is 1. The molecule has 1 aromatic carbocycles. The smallest absolute Gasteiger partial charge is 0.323 e. The summed E-state index contributed by atoms with van der Waals surface area (Å²) in [5.74, 6) is -2.34. The maximum Gasteiger partial charge on any atom is 0.325 e. The van der Waals surface area contributed by atoms with E-state index in [1.54, 1.807) is 0 Å². The van der Waals surface area contributed by atoms with Crippen molar-refractivity contribution in [1.82, 2.24) is 10.2 Å². The van der Waals surface area contributed by atoms with Crippen molar-refractivity contribution in [3.8, 4) is 0 Å². The number of nitrogens with one attached hydrogen (secondary N) is 2. The average molecular weight is 351 g/mol. The first kappa shape index (κ1) is 17.3. The number of urea groups is 1. The van der Waals surface area contributed by atoms with E-state index in [1.807, 2.05) is 0 Å². The van der Waals surface area contributed by atoms with Gasteiger partial charge in [0.25, 0.3) is 5.91 Å². The monoisotopic (exact) mass is 351 g/mol. The molecule has 0 bridgehead atoms. The second kappa shape index (κ2) is 6.42. The van der Waals surface area contributed by atoms with Gasteiger partial charge in [-0.15, -0.1) is 0 Å². The summed E-state index contributed by atoms with van der Waals surface area (Å²) in [7, 11) is 0. The van der Waals surface area contributed by atoms with Crippen molar-refractivity contribution in [2.24, 2.45) is 5.92 Å². The summed E-state index contributed by atoms with van der Waals surface area (Å²) < 4.78 is 26.5. The number of imide groups is 1. The van der Waals surface area contributed by atoms with Gasteiger partial charge in [-0.2, -0.15) is 0 Å². The first-order valence-electron chi connectivity index (χ1n) is 8.20. The van der Waals surface area contributed by atoms with Gasteiger partial charge in [0.15, 0.2) is 0 Å². The van der Waals surface area contributed by atoms with Crippen molar-refractivity contribution in [2.45, 2.75) is 38.1 Å². The summed E-state index contributed by atoms with van der Waals surface area (Å²) in [4.78, 5) is 37.7. The van der Waals surface area contributed by atoms with Gasteiger partial charge in [-0.25, -0.2) is 13.6 Å². The van der Waals surface area contributed by atoms with Crippen molar-refractivity contribution in [3.63, 3.8) is 0 Å². The van der Waals surface area contributed by atoms with Gasteiger partial charge in [-0.05, 0) is 43.7 Å². The van der Waals surface area contributed by atoms with E-state index in [0.29, 0.717) is 24.8 Å². The van der Waals surface area contributed by atoms with E-state index in [4.69, 9.17) is 0 Å². The standard InChI is InChI=1S/C17H19F2N3O3/c1-10-4-6-17(7-5-10)15(24)22(16(25)21-17)9-14(23)20-13-3-2-11(18)8-12(13)19/h2-3,8,10H,4-7,9H2,1H3,(H,20,23)(H,21,25). The van der Waals surface area contributed by atoms with E-state index in [1.165, 1.54) is 0 Å². The van der Waals surface area contributed by atoms with Gasteiger partial charge < -0.3 is 10.6 Å². The lowest BCUT2D eigenvalue weighted by atomic mass is 9.77. The molecular weight excluding hydrogens is 332 g/mol. The third kappa shape index (κ3) is 3.33. The Morgan fingerprint density at radius 3 is 2.64 bits per heavy atom. The van der Waals surface area contributed by atoms with E-state index in [-0.39, 0.29) is 5.69 Å². The highest BCUT2D eigenvalue weighted by molar-refractivity contribution is 6.10. The number of carbonyl (C=O) groups excluding carboxylic acids is 3. The summed E-state index contributed by atoms with van der Waals surface area (Å²) in [6, 6.07) is 2.11. The van der Waals surface area contributed by atoms with E-state index >= 15 is 0 Å². The summed E-state index contributed by atoms with van der Waals surface area (Å²) in [6.07, 6.45) is 2.74. The number of amides is 4. The Morgan fingerprint density at radius 1 is 1.32 bits per heavy atom. The zero-order valence-electron chi connectivity index (χ0n) is 13.8. The quantitative estimate of drug-likeness (QED) is 0.821. The molecule has 1 saturated heterocycles. The van der Waals surface area contributed by atoms with Crippen molar-refractivity contribution < 1.29 is 23.2 Å². The Morgan fingerprint density at radius 2 is 2.00 bits per heavy atom. The number of halogens is 2. The molecule has 1 heterocycles. The van der Waals surface area contributed by atoms with Crippen LogP contribution in [0.4, 0.5) is 19.3 Å². The molecule has 25 heavy (non-hydrogen) atoms. The Labute approximate surface area is 143 Å². The molecular formula is C17H19F2N3O3. The highest BCUT2D eigenvalue weighted by atomic mass is 19.1. The zero-order valence-corrected chi connectivity index (χ0v) is 13.8. The number of anilines is 1. The van der Waals surface area contributed by atoms with Crippen molar-refractivity contribution in [1.29, 1.82) is 0 Å². The normalized spacial score (nSPS) is 26.0. The van der Waals surface area contributed by atoms with Crippen molar-refractivity contribution in [3.05, 3.63) is 29.8 Å². The van der Waals surface area contributed by atoms with Gasteiger partial charge in [0, 0.05) is 6.07 Å². The van der Waals surface area contributed by atoms with E-state index in [2.05, 4.69) is 17.6 Å². The fraction of sp³-hybridized carbons (Fsp3) is 0.471. The first-order chi connectivity index (χ1) is 11.8. The second-order valence-corrected chi connectivity index (χ2v) is 6.76. The number of rotatable bonds is 3. The van der Waals surface area contributed by atoms with Crippen LogP contribution < -0.4 is 10.6 Å². The Kier molecular flexibility index (Phi) is 4.45. The molecule has 2 fully saturated rings. The molecule has 0 unspecified atom stereocenters. The molecule has 0 aromatic heterocycles. The third-order valence-corrected chi connectivity index (χ3v) is 4.88. The van der Waals surface area contributed by atoms with E-state index in [9.17, 15) is 23.2 Å². The highest BCUT2D eigenvalue weighted by Crippen LogP contribution is 2.36. The number of carbonyl (C=O) groups is 3. The zero-order chi connectivity index (χ0) is 18.2. The van der Waals surface area contributed by atoms with Crippen LogP contribution in [0.15, 0.2) is 18.2 Å². The molecule has 2 N–H and O–H groups in total. The van der Waals surface area contributed by atoms with E-state index in [0.717, 1.165) is 29.9 Å². The minimum atomic E-state index is -0.928. The van der Waals surface area contributed by atoms with Gasteiger partial charge in [0.05, 0.1) is 5.69 Å². The summed E-state index contributed by atoms with van der Waals surface area (Å²) in [6.45, 7) is 1.58. The lowest BCUT2D eigenvalue weighted by molar-refractivity contribution is -0.135. The third-order valence-electron chi connectivity index (χ3n) is 4.88. The van der Waals surface area contributed by atoms with Crippen molar-refractivity contribution >= 4 is 23.5 Å². The van der Waals surface area contributed by atoms with Crippen LogP contribution in [0, 0.1) is 17.6 Å². The molecule has 1 aliphatic heterocycles. The molecule has 6 nitrogen and oxygen atoms in total. The lowest BCUT2D eigenvalue weighted by Gasteiger charge is -2.33. The molecule has 0 atom stereocenters. The Hall–Kier alpha value is -2.51. The van der Waals surface area contributed by atoms with Gasteiger partial charge in [0.1, 0.15) is 23.7 Å². The number of nitrogens with zero attached hydrogens (tertiary/aromatic N) is 1. The predicted molar refractivity (Wildman–Crippen MR) is 85.6 cm³/mol. The highest BCUT2D eigenvalue weighted by Gasteiger charge is 2.52. The average Bonchev–Trinajstić information content (AvgIpc) is 2.78. The SMILES string of the molecule is CC1CCC2(CC1)NC(=O)N(CC(=O)Nc1ccc(F)cc1F)C2=O. The molecule has 2 aliphatic rings. The fourth-order valence-corrected chi connectivity index (χ4v) is 3.34. The second-order valence-electron chi connectivity index (χ2n) is 6.76. The molecule has 134 valence electrons. The fourth-order valence-electron chi connectivity index (χ4n) is 3.34. The molecule has 3 rings (SSSR count). The molecule has 1 spiro atoms. The van der Waals surface area contributed by atoms with Gasteiger partial charge in [-0.1, -0.05) is 6.92 Å². The lowest BCUT2D eigenvalue weighted by Crippen LogP contribution is -2.49.